The molecule has 0 aromatic heterocycles. The molecule has 1 amide bonds. The minimum absolute atomic E-state index is 0.243. The van der Waals surface area contributed by atoms with Gasteiger partial charge in [-0.1, -0.05) is 0 Å². The van der Waals surface area contributed by atoms with Crippen LogP contribution in [-0.4, -0.2) is 38.1 Å². The van der Waals surface area contributed by atoms with Gasteiger partial charge in [-0.25, -0.2) is 0 Å². The van der Waals surface area contributed by atoms with E-state index in [1.54, 1.807) is 0 Å². The van der Waals surface area contributed by atoms with E-state index in [9.17, 15) is 4.79 Å². The van der Waals surface area contributed by atoms with Crippen LogP contribution >= 0.6 is 0 Å². The van der Waals surface area contributed by atoms with Crippen molar-refractivity contribution < 1.29 is 4.79 Å². The van der Waals surface area contributed by atoms with Crippen molar-refractivity contribution in [1.82, 2.24) is 16.0 Å². The van der Waals surface area contributed by atoms with Gasteiger partial charge in [0.2, 0.25) is 5.91 Å². The van der Waals surface area contributed by atoms with E-state index in [0.717, 1.165) is 39.0 Å². The third kappa shape index (κ3) is 2.67. The smallest absolute Gasteiger partial charge is 0.223 e. The summed E-state index contributed by atoms with van der Waals surface area (Å²) in [5, 5.41) is 9.62. The molecular weight excluding hydrogens is 166 g/mol. The van der Waals surface area contributed by atoms with Crippen LogP contribution in [0.25, 0.3) is 0 Å². The molecule has 74 valence electrons. The zero-order valence-electron chi connectivity index (χ0n) is 7.81. The van der Waals surface area contributed by atoms with Crippen LogP contribution in [0, 0.1) is 5.92 Å². The molecule has 2 fully saturated rings. The van der Waals surface area contributed by atoms with Crippen LogP contribution in [-0.2, 0) is 4.79 Å². The predicted molar refractivity (Wildman–Crippen MR) is 50.4 cm³/mol. The van der Waals surface area contributed by atoms with E-state index in [4.69, 9.17) is 0 Å². The zero-order chi connectivity index (χ0) is 9.10. The molecule has 0 bridgehead atoms. The van der Waals surface area contributed by atoms with E-state index >= 15 is 0 Å². The minimum atomic E-state index is 0.243. The second-order valence-corrected chi connectivity index (χ2v) is 3.87. The third-order valence-corrected chi connectivity index (χ3v) is 2.60. The highest BCUT2D eigenvalue weighted by molar-refractivity contribution is 5.80. The van der Waals surface area contributed by atoms with Crippen LogP contribution < -0.4 is 16.0 Å². The number of amides is 1. The fourth-order valence-corrected chi connectivity index (χ4v) is 1.57. The van der Waals surface area contributed by atoms with E-state index in [2.05, 4.69) is 16.0 Å². The lowest BCUT2D eigenvalue weighted by Crippen LogP contribution is -2.53. The second kappa shape index (κ2) is 4.07. The van der Waals surface area contributed by atoms with E-state index < -0.39 is 0 Å². The Morgan fingerprint density at radius 2 is 2.23 bits per heavy atom. The molecule has 1 unspecified atom stereocenters. The van der Waals surface area contributed by atoms with Gasteiger partial charge in [-0.05, 0) is 12.8 Å². The fourth-order valence-electron chi connectivity index (χ4n) is 1.57. The fraction of sp³-hybridized carbons (Fsp3) is 0.889. The van der Waals surface area contributed by atoms with Gasteiger partial charge in [0, 0.05) is 38.1 Å². The normalized spacial score (nSPS) is 28.5. The van der Waals surface area contributed by atoms with E-state index in [1.807, 2.05) is 0 Å². The van der Waals surface area contributed by atoms with Gasteiger partial charge >= 0.3 is 0 Å². The molecule has 1 saturated carbocycles. The molecule has 0 aromatic rings. The van der Waals surface area contributed by atoms with Crippen molar-refractivity contribution in [3.05, 3.63) is 0 Å². The van der Waals surface area contributed by atoms with Gasteiger partial charge in [0.15, 0.2) is 0 Å². The van der Waals surface area contributed by atoms with Crippen molar-refractivity contribution in [2.45, 2.75) is 18.9 Å². The first-order valence-corrected chi connectivity index (χ1v) is 5.08. The van der Waals surface area contributed by atoms with Gasteiger partial charge in [-0.3, -0.25) is 4.79 Å². The average Bonchev–Trinajstić information content (AvgIpc) is 2.99. The molecule has 4 heteroatoms. The Labute approximate surface area is 78.5 Å². The molecule has 3 N–H and O–H groups in total. The maximum absolute atomic E-state index is 11.3. The molecule has 1 aliphatic heterocycles. The summed E-state index contributed by atoms with van der Waals surface area (Å²) in [5.74, 6) is 0.573. The molecule has 0 radical (unpaired) electrons. The van der Waals surface area contributed by atoms with Gasteiger partial charge in [0.25, 0.3) is 0 Å². The first-order chi connectivity index (χ1) is 6.36. The molecule has 2 aliphatic rings. The number of hydrogen-bond donors (Lipinski definition) is 3. The lowest BCUT2D eigenvalue weighted by Gasteiger charge is -2.24. The summed E-state index contributed by atoms with van der Waals surface area (Å²) in [6.07, 6.45) is 2.17. The molecular formula is C9H17N3O. The Hall–Kier alpha value is -0.610. The first kappa shape index (κ1) is 8.97. The van der Waals surface area contributed by atoms with Crippen LogP contribution in [0.1, 0.15) is 12.8 Å². The van der Waals surface area contributed by atoms with Gasteiger partial charge in [-0.2, -0.15) is 0 Å². The molecule has 1 heterocycles. The number of rotatable bonds is 3. The topological polar surface area (TPSA) is 53.2 Å². The summed E-state index contributed by atoms with van der Waals surface area (Å²) in [6, 6.07) is 0.413. The van der Waals surface area contributed by atoms with Crippen molar-refractivity contribution in [2.75, 3.05) is 26.2 Å². The van der Waals surface area contributed by atoms with Crippen molar-refractivity contribution in [3.63, 3.8) is 0 Å². The highest BCUT2D eigenvalue weighted by atomic mass is 16.2. The molecule has 0 aromatic carbocycles. The third-order valence-electron chi connectivity index (χ3n) is 2.60. The summed E-state index contributed by atoms with van der Waals surface area (Å²) < 4.78 is 0. The summed E-state index contributed by atoms with van der Waals surface area (Å²) in [7, 11) is 0. The number of carbonyl (C=O) groups is 1. The van der Waals surface area contributed by atoms with Gasteiger partial charge in [0.1, 0.15) is 0 Å². The quantitative estimate of drug-likeness (QED) is 0.530. The Bertz CT molecular complexity index is 185. The average molecular weight is 183 g/mol. The van der Waals surface area contributed by atoms with Crippen molar-refractivity contribution >= 4 is 5.91 Å². The molecule has 1 aliphatic carbocycles. The molecule has 0 spiro atoms. The lowest BCUT2D eigenvalue weighted by atomic mass is 10.2. The largest absolute Gasteiger partial charge is 0.354 e. The molecule has 13 heavy (non-hydrogen) atoms. The van der Waals surface area contributed by atoms with E-state index in [0.29, 0.717) is 12.0 Å². The highest BCUT2D eigenvalue weighted by Gasteiger charge is 2.29. The molecule has 2 rings (SSSR count). The second-order valence-electron chi connectivity index (χ2n) is 3.87. The van der Waals surface area contributed by atoms with E-state index in [1.165, 1.54) is 0 Å². The van der Waals surface area contributed by atoms with Gasteiger partial charge in [0.05, 0.1) is 0 Å². The van der Waals surface area contributed by atoms with Gasteiger partial charge < -0.3 is 16.0 Å². The summed E-state index contributed by atoms with van der Waals surface area (Å²) in [4.78, 5) is 11.3. The lowest BCUT2D eigenvalue weighted by molar-refractivity contribution is -0.122. The first-order valence-electron chi connectivity index (χ1n) is 5.08. The maximum atomic E-state index is 11.3. The minimum Gasteiger partial charge on any atom is -0.354 e. The Kier molecular flexibility index (Phi) is 2.80. The zero-order valence-corrected chi connectivity index (χ0v) is 7.81. The van der Waals surface area contributed by atoms with Crippen LogP contribution in [0.15, 0.2) is 0 Å². The Balaban J connectivity index is 1.62. The summed E-state index contributed by atoms with van der Waals surface area (Å²) in [5.41, 5.74) is 0. The summed E-state index contributed by atoms with van der Waals surface area (Å²) in [6.45, 7) is 3.77. The monoisotopic (exact) mass is 183 g/mol. The molecule has 1 saturated heterocycles. The van der Waals surface area contributed by atoms with Crippen LogP contribution in [0.4, 0.5) is 0 Å². The van der Waals surface area contributed by atoms with E-state index in [-0.39, 0.29) is 5.91 Å². The highest BCUT2D eigenvalue weighted by Crippen LogP contribution is 2.28. The SMILES string of the molecule is O=C(NCC1CNCCN1)C1CC1. The van der Waals surface area contributed by atoms with Crippen molar-refractivity contribution in [2.24, 2.45) is 5.92 Å². The molecule has 4 nitrogen and oxygen atoms in total. The number of piperazine rings is 1. The standard InChI is InChI=1S/C9H17N3O/c13-9(7-1-2-7)12-6-8-5-10-3-4-11-8/h7-8,10-11H,1-6H2,(H,12,13). The number of nitrogens with one attached hydrogen (secondary N) is 3. The van der Waals surface area contributed by atoms with Crippen molar-refractivity contribution in [3.8, 4) is 0 Å². The Morgan fingerprint density at radius 1 is 1.38 bits per heavy atom. The van der Waals surface area contributed by atoms with Crippen LogP contribution in [0.2, 0.25) is 0 Å². The van der Waals surface area contributed by atoms with Gasteiger partial charge in [-0.15, -0.1) is 0 Å². The molecule has 1 atom stereocenters. The number of carbonyl (C=O) groups excluding carboxylic acids is 1. The predicted octanol–water partition coefficient (Wildman–Crippen LogP) is -0.926. The number of hydrogen-bond acceptors (Lipinski definition) is 3. The van der Waals surface area contributed by atoms with Crippen LogP contribution in [0.3, 0.4) is 0 Å². The van der Waals surface area contributed by atoms with Crippen LogP contribution in [0.5, 0.6) is 0 Å². The maximum Gasteiger partial charge on any atom is 0.223 e. The Morgan fingerprint density at radius 3 is 2.85 bits per heavy atom. The van der Waals surface area contributed by atoms with Crippen molar-refractivity contribution in [1.29, 1.82) is 0 Å². The summed E-state index contributed by atoms with van der Waals surface area (Å²) >= 11 is 0.